The summed E-state index contributed by atoms with van der Waals surface area (Å²) in [4.78, 5) is 10.9. The number of nitrogens with two attached hydrogens (primary N) is 1. The highest BCUT2D eigenvalue weighted by molar-refractivity contribution is 5.75. The van der Waals surface area contributed by atoms with Crippen LogP contribution in [0, 0.1) is 0 Å². The highest BCUT2D eigenvalue weighted by Crippen LogP contribution is 2.07. The van der Waals surface area contributed by atoms with Crippen LogP contribution in [0.15, 0.2) is 0 Å². The molecule has 0 aliphatic carbocycles. The zero-order valence-electron chi connectivity index (χ0n) is 9.61. The predicted molar refractivity (Wildman–Crippen MR) is 54.8 cm³/mol. The van der Waals surface area contributed by atoms with Crippen molar-refractivity contribution < 1.29 is 19.4 Å². The molecule has 0 unspecified atom stereocenters. The smallest absolute Gasteiger partial charge is 0.323 e. The van der Waals surface area contributed by atoms with Gasteiger partial charge in [-0.1, -0.05) is 0 Å². The molecule has 0 rings (SSSR count). The van der Waals surface area contributed by atoms with Gasteiger partial charge < -0.3 is 20.3 Å². The lowest BCUT2D eigenvalue weighted by Crippen LogP contribution is -2.47. The molecule has 0 aliphatic rings. The normalized spacial score (nSPS) is 15.9. The van der Waals surface area contributed by atoms with Crippen LogP contribution >= 0.6 is 0 Å². The van der Waals surface area contributed by atoms with Crippen LogP contribution < -0.4 is 11.1 Å². The van der Waals surface area contributed by atoms with E-state index in [1.54, 1.807) is 20.8 Å². The number of ether oxygens (including phenoxy) is 2. The molecule has 0 bridgehead atoms. The van der Waals surface area contributed by atoms with Gasteiger partial charge in [-0.05, 0) is 20.8 Å². The Balaban J connectivity index is 3.81. The van der Waals surface area contributed by atoms with Crippen LogP contribution in [0.25, 0.3) is 0 Å². The van der Waals surface area contributed by atoms with E-state index < -0.39 is 24.0 Å². The van der Waals surface area contributed by atoms with Crippen molar-refractivity contribution in [2.24, 2.45) is 5.73 Å². The van der Waals surface area contributed by atoms with Crippen molar-refractivity contribution in [1.29, 1.82) is 0 Å². The number of rotatable bonds is 5. The zero-order valence-corrected chi connectivity index (χ0v) is 9.61. The van der Waals surface area contributed by atoms with Gasteiger partial charge in [0.1, 0.15) is 6.04 Å². The molecule has 2 atom stereocenters. The van der Waals surface area contributed by atoms with Crippen LogP contribution in [-0.4, -0.2) is 42.8 Å². The van der Waals surface area contributed by atoms with Crippen molar-refractivity contribution >= 4 is 5.97 Å². The predicted octanol–water partition coefficient (Wildman–Crippen LogP) is -0.833. The summed E-state index contributed by atoms with van der Waals surface area (Å²) in [7, 11) is 1.25. The van der Waals surface area contributed by atoms with Gasteiger partial charge in [0.15, 0.2) is 0 Å². The topological polar surface area (TPSA) is 93.8 Å². The molecule has 4 N–H and O–H groups in total. The van der Waals surface area contributed by atoms with Gasteiger partial charge in [0, 0.05) is 6.54 Å². The summed E-state index contributed by atoms with van der Waals surface area (Å²) in [6.07, 6.45) is -1.15. The number of carbonyl (C=O) groups excluding carboxylic acids is 1. The molecule has 0 radical (unpaired) electrons. The molecule has 0 heterocycles. The molecule has 0 aromatic heterocycles. The van der Waals surface area contributed by atoms with Gasteiger partial charge in [-0.25, -0.2) is 0 Å². The maximum absolute atomic E-state index is 10.9. The Hall–Kier alpha value is -0.690. The number of hydrogen-bond acceptors (Lipinski definition) is 6. The van der Waals surface area contributed by atoms with Crippen LogP contribution in [0.3, 0.4) is 0 Å². The van der Waals surface area contributed by atoms with E-state index in [4.69, 9.17) is 10.5 Å². The molecule has 6 nitrogen and oxygen atoms in total. The number of hydrogen-bond donors (Lipinski definition) is 3. The summed E-state index contributed by atoms with van der Waals surface area (Å²) in [5, 5.41) is 11.9. The quantitative estimate of drug-likeness (QED) is 0.413. The maximum Gasteiger partial charge on any atom is 0.323 e. The van der Waals surface area contributed by atoms with E-state index >= 15 is 0 Å². The minimum Gasteiger partial charge on any atom is -0.468 e. The average Bonchev–Trinajstić information content (AvgIpc) is 2.10. The standard InChI is InChI=1S/C9H20N2O4/c1-9(2,3)15-8(13)11-5-6(10)7(12)14-4/h6,8,11,13H,5,10H2,1-4H3/t6-,8+/m0/s1. The van der Waals surface area contributed by atoms with E-state index in [1.165, 1.54) is 7.11 Å². The van der Waals surface area contributed by atoms with Gasteiger partial charge in [0.05, 0.1) is 12.7 Å². The van der Waals surface area contributed by atoms with E-state index in [1.807, 2.05) is 0 Å². The summed E-state index contributed by atoms with van der Waals surface area (Å²) in [6, 6.07) is -0.812. The highest BCUT2D eigenvalue weighted by Gasteiger charge is 2.19. The Bertz CT molecular complexity index is 203. The first-order chi connectivity index (χ1) is 6.76. The first-order valence-electron chi connectivity index (χ1n) is 4.69. The number of nitrogens with one attached hydrogen (secondary N) is 1. The molecule has 90 valence electrons. The Morgan fingerprint density at radius 3 is 2.47 bits per heavy atom. The third kappa shape index (κ3) is 7.26. The van der Waals surface area contributed by atoms with Crippen LogP contribution in [0.5, 0.6) is 0 Å². The summed E-state index contributed by atoms with van der Waals surface area (Å²) in [5.74, 6) is -0.537. The molecule has 6 heteroatoms. The van der Waals surface area contributed by atoms with Crippen molar-refractivity contribution in [2.45, 2.75) is 38.8 Å². The number of carbonyl (C=O) groups is 1. The Morgan fingerprint density at radius 1 is 1.53 bits per heavy atom. The van der Waals surface area contributed by atoms with Gasteiger partial charge in [0.25, 0.3) is 0 Å². The number of aliphatic hydroxyl groups is 1. The third-order valence-corrected chi connectivity index (χ3v) is 1.48. The van der Waals surface area contributed by atoms with Gasteiger partial charge in [-0.3, -0.25) is 10.1 Å². The first kappa shape index (κ1) is 14.3. The number of methoxy groups -OCH3 is 1. The molecule has 0 saturated carbocycles. The molecule has 0 aromatic carbocycles. The minimum absolute atomic E-state index is 0.0872. The Labute approximate surface area is 89.7 Å². The third-order valence-electron chi connectivity index (χ3n) is 1.48. The Morgan fingerprint density at radius 2 is 2.07 bits per heavy atom. The molecule has 0 saturated heterocycles. The van der Waals surface area contributed by atoms with Gasteiger partial charge >= 0.3 is 5.97 Å². The molecule has 15 heavy (non-hydrogen) atoms. The SMILES string of the molecule is COC(=O)[C@@H](N)CN[C@H](O)OC(C)(C)C. The Kier molecular flexibility index (Phi) is 5.74. The van der Waals surface area contributed by atoms with Gasteiger partial charge in [0.2, 0.25) is 6.41 Å². The summed E-state index contributed by atoms with van der Waals surface area (Å²) in [5.41, 5.74) is 4.97. The van der Waals surface area contributed by atoms with E-state index in [0.717, 1.165) is 0 Å². The van der Waals surface area contributed by atoms with Crippen molar-refractivity contribution in [2.75, 3.05) is 13.7 Å². The second kappa shape index (κ2) is 6.02. The zero-order chi connectivity index (χ0) is 12.1. The number of aliphatic hydroxyl groups excluding tert-OH is 1. The lowest BCUT2D eigenvalue weighted by atomic mass is 10.2. The molecular formula is C9H20N2O4. The lowest BCUT2D eigenvalue weighted by molar-refractivity contribution is -0.182. The molecule has 0 amide bonds. The van der Waals surface area contributed by atoms with Crippen molar-refractivity contribution in [1.82, 2.24) is 5.32 Å². The average molecular weight is 220 g/mol. The summed E-state index contributed by atoms with van der Waals surface area (Å²) >= 11 is 0. The van der Waals surface area contributed by atoms with Crippen molar-refractivity contribution in [3.05, 3.63) is 0 Å². The van der Waals surface area contributed by atoms with E-state index in [0.29, 0.717) is 0 Å². The molecule has 0 aromatic rings. The van der Waals surface area contributed by atoms with Crippen LogP contribution in [0.1, 0.15) is 20.8 Å². The van der Waals surface area contributed by atoms with E-state index in [2.05, 4.69) is 10.1 Å². The van der Waals surface area contributed by atoms with Crippen LogP contribution in [0.2, 0.25) is 0 Å². The molecule has 0 aliphatic heterocycles. The lowest BCUT2D eigenvalue weighted by Gasteiger charge is -2.25. The van der Waals surface area contributed by atoms with Crippen LogP contribution in [-0.2, 0) is 14.3 Å². The fraction of sp³-hybridized carbons (Fsp3) is 0.889. The van der Waals surface area contributed by atoms with E-state index in [-0.39, 0.29) is 6.54 Å². The first-order valence-corrected chi connectivity index (χ1v) is 4.69. The second-order valence-corrected chi connectivity index (χ2v) is 4.12. The van der Waals surface area contributed by atoms with Crippen LogP contribution in [0.4, 0.5) is 0 Å². The largest absolute Gasteiger partial charge is 0.468 e. The van der Waals surface area contributed by atoms with E-state index in [9.17, 15) is 9.90 Å². The summed E-state index contributed by atoms with van der Waals surface area (Å²) < 4.78 is 9.56. The van der Waals surface area contributed by atoms with Gasteiger partial charge in [-0.15, -0.1) is 0 Å². The summed E-state index contributed by atoms with van der Waals surface area (Å²) in [6.45, 7) is 5.50. The van der Waals surface area contributed by atoms with Crippen molar-refractivity contribution in [3.8, 4) is 0 Å². The fourth-order valence-electron chi connectivity index (χ4n) is 0.839. The minimum atomic E-state index is -1.15. The second-order valence-electron chi connectivity index (χ2n) is 4.12. The van der Waals surface area contributed by atoms with Crippen molar-refractivity contribution in [3.63, 3.8) is 0 Å². The molecular weight excluding hydrogens is 200 g/mol. The fourth-order valence-corrected chi connectivity index (χ4v) is 0.839. The number of esters is 1. The monoisotopic (exact) mass is 220 g/mol. The highest BCUT2D eigenvalue weighted by atomic mass is 16.6. The maximum atomic E-state index is 10.9. The van der Waals surface area contributed by atoms with Gasteiger partial charge in [-0.2, -0.15) is 0 Å². The molecule has 0 fully saturated rings. The molecule has 0 spiro atoms.